The van der Waals surface area contributed by atoms with Crippen LogP contribution in [0.1, 0.15) is 33.2 Å². The molecule has 3 heteroatoms. The second-order valence-electron chi connectivity index (χ2n) is 5.96. The van der Waals surface area contributed by atoms with Crippen LogP contribution in [0.3, 0.4) is 0 Å². The molecule has 3 aromatic rings. The van der Waals surface area contributed by atoms with Gasteiger partial charge in [-0.3, -0.25) is 4.79 Å². The first-order valence-corrected chi connectivity index (χ1v) is 8.62. The second kappa shape index (κ2) is 8.26. The first-order chi connectivity index (χ1) is 12.7. The van der Waals surface area contributed by atoms with Gasteiger partial charge in [0.2, 0.25) is 0 Å². The van der Waals surface area contributed by atoms with Gasteiger partial charge >= 0.3 is 5.97 Å². The van der Waals surface area contributed by atoms with Gasteiger partial charge in [-0.25, -0.2) is 4.79 Å². The normalized spacial score (nSPS) is 10.3. The number of ketones is 1. The van der Waals surface area contributed by atoms with Crippen molar-refractivity contribution in [2.75, 3.05) is 6.61 Å². The third-order valence-electron chi connectivity index (χ3n) is 4.25. The first kappa shape index (κ1) is 17.6. The molecular weight excluding hydrogens is 324 g/mol. The summed E-state index contributed by atoms with van der Waals surface area (Å²) in [6.45, 7) is 1.79. The molecular formula is C23H20O3. The molecule has 0 saturated heterocycles. The Morgan fingerprint density at radius 2 is 1.46 bits per heavy atom. The fraction of sp³-hybridized carbons (Fsp3) is 0.130. The third kappa shape index (κ3) is 4.06. The van der Waals surface area contributed by atoms with E-state index >= 15 is 0 Å². The van der Waals surface area contributed by atoms with Crippen LogP contribution in [0.2, 0.25) is 0 Å². The predicted octanol–water partition coefficient (Wildman–Crippen LogP) is 4.96. The van der Waals surface area contributed by atoms with Crippen LogP contribution in [0.5, 0.6) is 0 Å². The van der Waals surface area contributed by atoms with Crippen LogP contribution in [-0.2, 0) is 11.2 Å². The van der Waals surface area contributed by atoms with E-state index in [9.17, 15) is 9.59 Å². The molecule has 0 heterocycles. The van der Waals surface area contributed by atoms with Gasteiger partial charge in [-0.05, 0) is 29.2 Å². The Morgan fingerprint density at radius 3 is 2.15 bits per heavy atom. The van der Waals surface area contributed by atoms with E-state index in [1.807, 2.05) is 54.6 Å². The lowest BCUT2D eigenvalue weighted by molar-refractivity contribution is 0.0475. The molecule has 0 aliphatic heterocycles. The molecule has 0 saturated carbocycles. The molecule has 3 nitrogen and oxygen atoms in total. The number of carbonyl (C=O) groups excluding carboxylic acids is 2. The van der Waals surface area contributed by atoms with Crippen molar-refractivity contribution in [2.45, 2.75) is 13.3 Å². The van der Waals surface area contributed by atoms with Gasteiger partial charge in [0, 0.05) is 5.56 Å². The molecule has 0 aromatic heterocycles. The maximum Gasteiger partial charge on any atom is 0.339 e. The highest BCUT2D eigenvalue weighted by Crippen LogP contribution is 2.24. The number of hydrogen-bond acceptors (Lipinski definition) is 3. The Balaban J connectivity index is 1.71. The number of esters is 1. The van der Waals surface area contributed by atoms with E-state index < -0.39 is 5.97 Å². The van der Waals surface area contributed by atoms with E-state index in [1.165, 1.54) is 0 Å². The van der Waals surface area contributed by atoms with Crippen molar-refractivity contribution in [3.63, 3.8) is 0 Å². The Morgan fingerprint density at radius 1 is 0.808 bits per heavy atom. The van der Waals surface area contributed by atoms with Gasteiger partial charge in [0.15, 0.2) is 12.4 Å². The SMILES string of the molecule is CCc1ccc(C(=O)COC(=O)c2ccccc2-c2ccccc2)cc1. The highest BCUT2D eigenvalue weighted by atomic mass is 16.5. The van der Waals surface area contributed by atoms with E-state index in [1.54, 1.807) is 24.3 Å². The summed E-state index contributed by atoms with van der Waals surface area (Å²) in [6.07, 6.45) is 0.916. The van der Waals surface area contributed by atoms with Crippen molar-refractivity contribution in [1.82, 2.24) is 0 Å². The number of ether oxygens (including phenoxy) is 1. The molecule has 0 N–H and O–H groups in total. The molecule has 0 radical (unpaired) electrons. The van der Waals surface area contributed by atoms with Crippen molar-refractivity contribution in [1.29, 1.82) is 0 Å². The third-order valence-corrected chi connectivity index (χ3v) is 4.25. The average Bonchev–Trinajstić information content (AvgIpc) is 2.72. The smallest absolute Gasteiger partial charge is 0.339 e. The zero-order chi connectivity index (χ0) is 18.4. The minimum atomic E-state index is -0.497. The van der Waals surface area contributed by atoms with E-state index in [-0.39, 0.29) is 12.4 Å². The predicted molar refractivity (Wildman–Crippen MR) is 102 cm³/mol. The van der Waals surface area contributed by atoms with Crippen LogP contribution < -0.4 is 0 Å². The molecule has 3 aromatic carbocycles. The maximum atomic E-state index is 12.5. The molecule has 0 amide bonds. The second-order valence-corrected chi connectivity index (χ2v) is 5.96. The summed E-state index contributed by atoms with van der Waals surface area (Å²) in [7, 11) is 0. The van der Waals surface area contributed by atoms with Gasteiger partial charge < -0.3 is 4.74 Å². The van der Waals surface area contributed by atoms with Crippen molar-refractivity contribution >= 4 is 11.8 Å². The summed E-state index contributed by atoms with van der Waals surface area (Å²) in [4.78, 5) is 24.8. The Bertz CT molecular complexity index is 896. The highest BCUT2D eigenvalue weighted by Gasteiger charge is 2.15. The largest absolute Gasteiger partial charge is 0.454 e. The first-order valence-electron chi connectivity index (χ1n) is 8.62. The van der Waals surface area contributed by atoms with Crippen molar-refractivity contribution < 1.29 is 14.3 Å². The minimum Gasteiger partial charge on any atom is -0.454 e. The Labute approximate surface area is 153 Å². The van der Waals surface area contributed by atoms with Gasteiger partial charge in [-0.2, -0.15) is 0 Å². The average molecular weight is 344 g/mol. The Hall–Kier alpha value is -3.20. The standard InChI is InChI=1S/C23H20O3/c1-2-17-12-14-19(15-13-17)22(24)16-26-23(25)21-11-7-6-10-20(21)18-8-4-3-5-9-18/h3-15H,2,16H2,1H3. The van der Waals surface area contributed by atoms with Crippen LogP contribution in [0.15, 0.2) is 78.9 Å². The molecule has 130 valence electrons. The molecule has 0 bridgehead atoms. The number of rotatable bonds is 6. The number of carbonyl (C=O) groups is 2. The molecule has 0 fully saturated rings. The fourth-order valence-corrected chi connectivity index (χ4v) is 2.75. The molecule has 0 spiro atoms. The van der Waals surface area contributed by atoms with Crippen LogP contribution >= 0.6 is 0 Å². The fourth-order valence-electron chi connectivity index (χ4n) is 2.75. The van der Waals surface area contributed by atoms with E-state index in [2.05, 4.69) is 6.92 Å². The highest BCUT2D eigenvalue weighted by molar-refractivity contribution is 6.01. The van der Waals surface area contributed by atoms with Crippen LogP contribution in [-0.4, -0.2) is 18.4 Å². The van der Waals surface area contributed by atoms with Crippen molar-refractivity contribution in [3.8, 4) is 11.1 Å². The van der Waals surface area contributed by atoms with Gasteiger partial charge in [-0.15, -0.1) is 0 Å². The van der Waals surface area contributed by atoms with Crippen LogP contribution in [0.25, 0.3) is 11.1 Å². The topological polar surface area (TPSA) is 43.4 Å². The monoisotopic (exact) mass is 344 g/mol. The summed E-state index contributed by atoms with van der Waals surface area (Å²) in [5, 5.41) is 0. The lowest BCUT2D eigenvalue weighted by Crippen LogP contribution is -2.15. The number of hydrogen-bond donors (Lipinski definition) is 0. The number of benzene rings is 3. The summed E-state index contributed by atoms with van der Waals surface area (Å²) < 4.78 is 5.27. The quantitative estimate of drug-likeness (QED) is 0.469. The molecule has 0 aliphatic carbocycles. The number of Topliss-reactive ketones (excluding diaryl/α,β-unsaturated/α-hetero) is 1. The molecule has 26 heavy (non-hydrogen) atoms. The van der Waals surface area contributed by atoms with Crippen molar-refractivity contribution in [3.05, 3.63) is 95.6 Å². The summed E-state index contributed by atoms with van der Waals surface area (Å²) in [5.41, 5.74) is 3.88. The maximum absolute atomic E-state index is 12.5. The lowest BCUT2D eigenvalue weighted by atomic mass is 10.00. The summed E-state index contributed by atoms with van der Waals surface area (Å²) in [5.74, 6) is -0.707. The van der Waals surface area contributed by atoms with Gasteiger partial charge in [0.25, 0.3) is 0 Å². The van der Waals surface area contributed by atoms with Crippen LogP contribution in [0.4, 0.5) is 0 Å². The molecule has 0 atom stereocenters. The van der Waals surface area contributed by atoms with Gasteiger partial charge in [0.1, 0.15) is 0 Å². The summed E-state index contributed by atoms with van der Waals surface area (Å²) in [6, 6.07) is 24.3. The van der Waals surface area contributed by atoms with Gasteiger partial charge in [-0.1, -0.05) is 79.7 Å². The van der Waals surface area contributed by atoms with Crippen molar-refractivity contribution in [2.24, 2.45) is 0 Å². The molecule has 0 aliphatic rings. The van der Waals surface area contributed by atoms with E-state index in [4.69, 9.17) is 4.74 Å². The van der Waals surface area contributed by atoms with Gasteiger partial charge in [0.05, 0.1) is 5.56 Å². The van der Waals surface area contributed by atoms with E-state index in [0.717, 1.165) is 23.1 Å². The molecule has 0 unspecified atom stereocenters. The molecule has 3 rings (SSSR count). The lowest BCUT2D eigenvalue weighted by Gasteiger charge is -2.10. The number of aryl methyl sites for hydroxylation is 1. The zero-order valence-corrected chi connectivity index (χ0v) is 14.6. The zero-order valence-electron chi connectivity index (χ0n) is 14.6. The Kier molecular flexibility index (Phi) is 5.59. The summed E-state index contributed by atoms with van der Waals surface area (Å²) >= 11 is 0. The minimum absolute atomic E-state index is 0.210. The van der Waals surface area contributed by atoms with E-state index in [0.29, 0.717) is 11.1 Å². The van der Waals surface area contributed by atoms with Crippen LogP contribution in [0, 0.1) is 0 Å².